The smallest absolute Gasteiger partial charge is 0.0948 e. The second-order valence-electron chi connectivity index (χ2n) is 5.14. The first-order valence-electron chi connectivity index (χ1n) is 4.54. The Balaban J connectivity index is 2.59. The van der Waals surface area contributed by atoms with E-state index in [0.717, 1.165) is 12.8 Å². The predicted octanol–water partition coefficient (Wildman–Crippen LogP) is 3.56. The fourth-order valence-electron chi connectivity index (χ4n) is 2.44. The van der Waals surface area contributed by atoms with E-state index in [1.54, 1.807) is 0 Å². The van der Waals surface area contributed by atoms with E-state index < -0.39 is 0 Å². The van der Waals surface area contributed by atoms with Crippen molar-refractivity contribution in [2.75, 3.05) is 6.67 Å². The van der Waals surface area contributed by atoms with Gasteiger partial charge in [0.1, 0.15) is 0 Å². The van der Waals surface area contributed by atoms with Crippen molar-refractivity contribution in [1.29, 1.82) is 0 Å². The first-order valence-corrected chi connectivity index (χ1v) is 4.54. The zero-order valence-corrected chi connectivity index (χ0v) is 7.91. The fraction of sp³-hybridized carbons (Fsp3) is 1.00. The lowest BCUT2D eigenvalue weighted by atomic mass is 9.65. The Hall–Kier alpha value is -0.0700. The molecule has 66 valence electrons. The molecule has 0 nitrogen and oxygen atoms in total. The summed E-state index contributed by atoms with van der Waals surface area (Å²) in [5.74, 6) is 0. The van der Waals surface area contributed by atoms with Gasteiger partial charge in [0.15, 0.2) is 0 Å². The van der Waals surface area contributed by atoms with Crippen molar-refractivity contribution in [3.05, 3.63) is 0 Å². The molecule has 0 saturated heterocycles. The molecule has 0 heterocycles. The van der Waals surface area contributed by atoms with Crippen molar-refractivity contribution in [3.8, 4) is 0 Å². The topological polar surface area (TPSA) is 0 Å². The molecule has 11 heavy (non-hydrogen) atoms. The van der Waals surface area contributed by atoms with Crippen LogP contribution >= 0.6 is 0 Å². The van der Waals surface area contributed by atoms with Crippen LogP contribution in [0.4, 0.5) is 4.39 Å². The molecule has 0 bridgehead atoms. The van der Waals surface area contributed by atoms with Gasteiger partial charge in [-0.15, -0.1) is 0 Å². The number of hydrogen-bond acceptors (Lipinski definition) is 0. The van der Waals surface area contributed by atoms with Crippen LogP contribution < -0.4 is 0 Å². The lowest BCUT2D eigenvalue weighted by Crippen LogP contribution is -2.32. The molecule has 0 radical (unpaired) electrons. The maximum atomic E-state index is 12.6. The first kappa shape index (κ1) is 9.02. The van der Waals surface area contributed by atoms with Crippen molar-refractivity contribution >= 4 is 0 Å². The van der Waals surface area contributed by atoms with Crippen LogP contribution in [0.15, 0.2) is 0 Å². The zero-order chi connectivity index (χ0) is 8.54. The molecule has 1 saturated carbocycles. The highest BCUT2D eigenvalue weighted by atomic mass is 19.1. The maximum Gasteiger partial charge on any atom is 0.0948 e. The van der Waals surface area contributed by atoms with Crippen LogP contribution in [0.3, 0.4) is 0 Å². The molecule has 0 N–H and O–H groups in total. The van der Waals surface area contributed by atoms with E-state index in [1.165, 1.54) is 12.8 Å². The lowest BCUT2D eigenvalue weighted by molar-refractivity contribution is 0.0738. The van der Waals surface area contributed by atoms with Crippen molar-refractivity contribution in [2.45, 2.75) is 46.5 Å². The first-order chi connectivity index (χ1) is 4.97. The molecule has 0 aliphatic heterocycles. The molecule has 1 aliphatic carbocycles. The van der Waals surface area contributed by atoms with Crippen LogP contribution in [0.25, 0.3) is 0 Å². The molecule has 0 amide bonds. The third-order valence-electron chi connectivity index (χ3n) is 2.86. The van der Waals surface area contributed by atoms with Gasteiger partial charge in [-0.25, -0.2) is 0 Å². The molecule has 1 atom stereocenters. The van der Waals surface area contributed by atoms with Crippen LogP contribution in [0.2, 0.25) is 0 Å². The van der Waals surface area contributed by atoms with Gasteiger partial charge in [-0.3, -0.25) is 4.39 Å². The quantitative estimate of drug-likeness (QED) is 0.547. The third kappa shape index (κ3) is 2.18. The van der Waals surface area contributed by atoms with Gasteiger partial charge in [0.05, 0.1) is 6.67 Å². The van der Waals surface area contributed by atoms with Gasteiger partial charge in [-0.05, 0) is 30.1 Å². The number of rotatable bonds is 1. The molecule has 1 fully saturated rings. The summed E-state index contributed by atoms with van der Waals surface area (Å²) in [5, 5.41) is 0. The van der Waals surface area contributed by atoms with Crippen molar-refractivity contribution in [3.63, 3.8) is 0 Å². The Labute approximate surface area is 69.2 Å². The molecule has 0 aromatic rings. The highest BCUT2D eigenvalue weighted by Crippen LogP contribution is 2.45. The molecule has 0 aromatic heterocycles. The number of hydrogen-bond donors (Lipinski definition) is 0. The highest BCUT2D eigenvalue weighted by Gasteiger charge is 2.36. The largest absolute Gasteiger partial charge is 0.251 e. The molecular weight excluding hydrogens is 139 g/mol. The molecule has 0 spiro atoms. The second-order valence-corrected chi connectivity index (χ2v) is 5.14. The summed E-state index contributed by atoms with van der Waals surface area (Å²) in [6, 6.07) is 0. The average Bonchev–Trinajstić information content (AvgIpc) is 1.85. The van der Waals surface area contributed by atoms with Crippen molar-refractivity contribution in [2.24, 2.45) is 10.8 Å². The summed E-state index contributed by atoms with van der Waals surface area (Å²) in [6.07, 6.45) is 4.60. The number of alkyl halides is 1. The highest BCUT2D eigenvalue weighted by molar-refractivity contribution is 4.86. The maximum absolute atomic E-state index is 12.6. The summed E-state index contributed by atoms with van der Waals surface area (Å²) in [6.45, 7) is 6.44. The third-order valence-corrected chi connectivity index (χ3v) is 2.86. The predicted molar refractivity (Wildman–Crippen MR) is 46.3 cm³/mol. The SMILES string of the molecule is CC1(C)CCCC(C)(CF)C1. The minimum absolute atomic E-state index is 0.0122. The standard InChI is InChI=1S/C10H19F/c1-9(2)5-4-6-10(3,7-9)8-11/h4-8H2,1-3H3. The van der Waals surface area contributed by atoms with Crippen LogP contribution in [-0.4, -0.2) is 6.67 Å². The average molecular weight is 158 g/mol. The van der Waals surface area contributed by atoms with E-state index in [1.807, 2.05) is 0 Å². The van der Waals surface area contributed by atoms with Crippen LogP contribution in [0.5, 0.6) is 0 Å². The van der Waals surface area contributed by atoms with Crippen molar-refractivity contribution < 1.29 is 4.39 Å². The molecule has 1 aliphatic rings. The van der Waals surface area contributed by atoms with Crippen LogP contribution in [0, 0.1) is 10.8 Å². The minimum atomic E-state index is -0.142. The van der Waals surface area contributed by atoms with Gasteiger partial charge in [-0.1, -0.05) is 27.2 Å². The van der Waals surface area contributed by atoms with Gasteiger partial charge in [0, 0.05) is 0 Å². The van der Waals surface area contributed by atoms with E-state index in [-0.39, 0.29) is 12.1 Å². The summed E-state index contributed by atoms with van der Waals surface area (Å²) in [7, 11) is 0. The van der Waals surface area contributed by atoms with Gasteiger partial charge in [0.25, 0.3) is 0 Å². The Bertz CT molecular complexity index is 140. The Morgan fingerprint density at radius 1 is 1.18 bits per heavy atom. The molecule has 1 heteroatoms. The minimum Gasteiger partial charge on any atom is -0.251 e. The van der Waals surface area contributed by atoms with E-state index >= 15 is 0 Å². The summed E-state index contributed by atoms with van der Waals surface area (Å²) in [4.78, 5) is 0. The molecule has 0 aromatic carbocycles. The van der Waals surface area contributed by atoms with E-state index in [4.69, 9.17) is 0 Å². The monoisotopic (exact) mass is 158 g/mol. The Kier molecular flexibility index (Phi) is 2.27. The van der Waals surface area contributed by atoms with Gasteiger partial charge < -0.3 is 0 Å². The summed E-state index contributed by atoms with van der Waals surface area (Å²) < 4.78 is 12.6. The Morgan fingerprint density at radius 2 is 1.82 bits per heavy atom. The number of halogens is 1. The second kappa shape index (κ2) is 2.76. The van der Waals surface area contributed by atoms with Crippen molar-refractivity contribution in [1.82, 2.24) is 0 Å². The molecular formula is C10H19F. The van der Waals surface area contributed by atoms with E-state index in [0.29, 0.717) is 5.41 Å². The van der Waals surface area contributed by atoms with Crippen LogP contribution in [0.1, 0.15) is 46.5 Å². The fourth-order valence-corrected chi connectivity index (χ4v) is 2.44. The van der Waals surface area contributed by atoms with E-state index in [2.05, 4.69) is 20.8 Å². The summed E-state index contributed by atoms with van der Waals surface area (Å²) >= 11 is 0. The molecule has 1 unspecified atom stereocenters. The van der Waals surface area contributed by atoms with E-state index in [9.17, 15) is 4.39 Å². The lowest BCUT2D eigenvalue weighted by Gasteiger charge is -2.41. The summed E-state index contributed by atoms with van der Waals surface area (Å²) in [5.41, 5.74) is 0.362. The molecule has 1 rings (SSSR count). The van der Waals surface area contributed by atoms with Gasteiger partial charge in [-0.2, -0.15) is 0 Å². The normalized spacial score (nSPS) is 37.1. The van der Waals surface area contributed by atoms with Gasteiger partial charge in [0.2, 0.25) is 0 Å². The Morgan fingerprint density at radius 3 is 2.18 bits per heavy atom. The van der Waals surface area contributed by atoms with Crippen LogP contribution in [-0.2, 0) is 0 Å². The van der Waals surface area contributed by atoms with Gasteiger partial charge >= 0.3 is 0 Å². The zero-order valence-electron chi connectivity index (χ0n) is 7.91.